The van der Waals surface area contributed by atoms with Gasteiger partial charge in [-0.25, -0.2) is 0 Å². The van der Waals surface area contributed by atoms with Crippen molar-refractivity contribution in [2.45, 2.75) is 52.4 Å². The van der Waals surface area contributed by atoms with E-state index in [4.69, 9.17) is 14.0 Å². The number of carbonyl (C=O) groups is 1. The van der Waals surface area contributed by atoms with Gasteiger partial charge in [0.2, 0.25) is 0 Å². The Labute approximate surface area is 147 Å². The molecule has 6 heteroatoms. The first-order valence-corrected chi connectivity index (χ1v) is 8.61. The number of rotatable bonds is 6. The van der Waals surface area contributed by atoms with Gasteiger partial charge in [0.1, 0.15) is 18.1 Å². The van der Waals surface area contributed by atoms with Crippen molar-refractivity contribution in [2.24, 2.45) is 0 Å². The average molecular weight is 344 g/mol. The molecule has 1 saturated heterocycles. The highest BCUT2D eigenvalue weighted by Gasteiger charge is 2.23. The van der Waals surface area contributed by atoms with Gasteiger partial charge in [0.25, 0.3) is 5.91 Å². The fourth-order valence-corrected chi connectivity index (χ4v) is 2.95. The van der Waals surface area contributed by atoms with Crippen LogP contribution in [0, 0.1) is 13.8 Å². The second kappa shape index (κ2) is 7.70. The van der Waals surface area contributed by atoms with Crippen LogP contribution in [0.1, 0.15) is 47.1 Å². The smallest absolute Gasteiger partial charge is 0.251 e. The Morgan fingerprint density at radius 2 is 2.12 bits per heavy atom. The number of aromatic nitrogens is 1. The van der Waals surface area contributed by atoms with E-state index < -0.39 is 0 Å². The molecule has 134 valence electrons. The maximum Gasteiger partial charge on any atom is 0.251 e. The third kappa shape index (κ3) is 4.20. The Bertz CT molecular complexity index is 698. The first kappa shape index (κ1) is 17.5. The quantitative estimate of drug-likeness (QED) is 0.871. The molecule has 1 aliphatic rings. The van der Waals surface area contributed by atoms with Gasteiger partial charge >= 0.3 is 0 Å². The van der Waals surface area contributed by atoms with E-state index in [1.165, 1.54) is 0 Å². The summed E-state index contributed by atoms with van der Waals surface area (Å²) in [5.41, 5.74) is 2.39. The lowest BCUT2D eigenvalue weighted by molar-refractivity contribution is 0.0712. The van der Waals surface area contributed by atoms with E-state index in [0.29, 0.717) is 17.9 Å². The van der Waals surface area contributed by atoms with E-state index in [0.717, 1.165) is 36.5 Å². The van der Waals surface area contributed by atoms with Crippen LogP contribution >= 0.6 is 0 Å². The number of ether oxygens (including phenoxy) is 2. The van der Waals surface area contributed by atoms with Crippen molar-refractivity contribution in [3.63, 3.8) is 0 Å². The Morgan fingerprint density at radius 1 is 1.36 bits per heavy atom. The van der Waals surface area contributed by atoms with Gasteiger partial charge in [0.05, 0.1) is 23.4 Å². The minimum Gasteiger partial charge on any atom is -0.489 e. The Hall–Kier alpha value is -2.34. The number of hydrogen-bond donors (Lipinski definition) is 1. The first-order chi connectivity index (χ1) is 12.0. The van der Waals surface area contributed by atoms with Gasteiger partial charge in [-0.3, -0.25) is 4.79 Å². The predicted molar refractivity (Wildman–Crippen MR) is 92.7 cm³/mol. The third-order valence-corrected chi connectivity index (χ3v) is 4.56. The van der Waals surface area contributed by atoms with Crippen LogP contribution in [0.5, 0.6) is 5.75 Å². The molecule has 0 radical (unpaired) electrons. The predicted octanol–water partition coefficient (Wildman–Crippen LogP) is 3.17. The largest absolute Gasteiger partial charge is 0.489 e. The lowest BCUT2D eigenvalue weighted by atomic mass is 10.1. The number of carbonyl (C=O) groups excluding carboxylic acids is 1. The van der Waals surface area contributed by atoms with E-state index in [1.807, 2.05) is 20.8 Å². The number of hydrogen-bond acceptors (Lipinski definition) is 5. The standard InChI is InChI=1S/C19H24N2O4/c1-12-17(14(3)25-21-12)11-24-16-8-6-15(7-9-16)19(22)20-13(2)18-5-4-10-23-18/h6-9,13,18H,4-5,10-11H2,1-3H3,(H,20,22)/t13-,18+/m1/s1. The van der Waals surface area contributed by atoms with Crippen LogP contribution in [-0.4, -0.2) is 29.8 Å². The van der Waals surface area contributed by atoms with Crippen molar-refractivity contribution in [3.05, 3.63) is 46.8 Å². The average Bonchev–Trinajstić information content (AvgIpc) is 3.24. The van der Waals surface area contributed by atoms with Crippen molar-refractivity contribution in [3.8, 4) is 5.75 Å². The zero-order valence-electron chi connectivity index (χ0n) is 14.9. The Balaban J connectivity index is 1.55. The van der Waals surface area contributed by atoms with Crippen molar-refractivity contribution < 1.29 is 18.8 Å². The van der Waals surface area contributed by atoms with E-state index in [2.05, 4.69) is 10.5 Å². The molecule has 0 unspecified atom stereocenters. The van der Waals surface area contributed by atoms with Crippen LogP contribution < -0.4 is 10.1 Å². The van der Waals surface area contributed by atoms with Gasteiger partial charge in [-0.2, -0.15) is 0 Å². The van der Waals surface area contributed by atoms with Crippen molar-refractivity contribution >= 4 is 5.91 Å². The normalized spacial score (nSPS) is 18.1. The van der Waals surface area contributed by atoms with Crippen molar-refractivity contribution in [1.82, 2.24) is 10.5 Å². The van der Waals surface area contributed by atoms with Crippen LogP contribution in [-0.2, 0) is 11.3 Å². The maximum atomic E-state index is 12.3. The van der Waals surface area contributed by atoms with Crippen LogP contribution in [0.4, 0.5) is 0 Å². The monoisotopic (exact) mass is 344 g/mol. The molecule has 0 bridgehead atoms. The molecule has 2 heterocycles. The highest BCUT2D eigenvalue weighted by Crippen LogP contribution is 2.19. The van der Waals surface area contributed by atoms with E-state index in [1.54, 1.807) is 24.3 Å². The summed E-state index contributed by atoms with van der Waals surface area (Å²) in [4.78, 5) is 12.3. The van der Waals surface area contributed by atoms with Gasteiger partial charge in [0, 0.05) is 12.2 Å². The summed E-state index contributed by atoms with van der Waals surface area (Å²) < 4.78 is 16.5. The van der Waals surface area contributed by atoms with E-state index >= 15 is 0 Å². The Morgan fingerprint density at radius 3 is 2.72 bits per heavy atom. The highest BCUT2D eigenvalue weighted by atomic mass is 16.5. The lowest BCUT2D eigenvalue weighted by Crippen LogP contribution is -2.40. The second-order valence-corrected chi connectivity index (χ2v) is 6.43. The molecule has 2 aromatic rings. The number of aryl methyl sites for hydroxylation is 2. The van der Waals surface area contributed by atoms with Crippen molar-refractivity contribution in [1.29, 1.82) is 0 Å². The second-order valence-electron chi connectivity index (χ2n) is 6.43. The zero-order chi connectivity index (χ0) is 17.8. The fraction of sp³-hybridized carbons (Fsp3) is 0.474. The lowest BCUT2D eigenvalue weighted by Gasteiger charge is -2.20. The molecule has 0 saturated carbocycles. The van der Waals surface area contributed by atoms with Gasteiger partial charge < -0.3 is 19.3 Å². The topological polar surface area (TPSA) is 73.6 Å². The molecule has 6 nitrogen and oxygen atoms in total. The summed E-state index contributed by atoms with van der Waals surface area (Å²) in [5, 5.41) is 6.91. The number of benzene rings is 1. The number of nitrogens with zero attached hydrogens (tertiary/aromatic N) is 1. The summed E-state index contributed by atoms with van der Waals surface area (Å²) in [5.74, 6) is 1.36. The molecule has 1 fully saturated rings. The summed E-state index contributed by atoms with van der Waals surface area (Å²) >= 11 is 0. The molecule has 0 aliphatic carbocycles. The van der Waals surface area contributed by atoms with Crippen molar-refractivity contribution in [2.75, 3.05) is 6.61 Å². The molecule has 1 aromatic heterocycles. The molecule has 3 rings (SSSR count). The van der Waals surface area contributed by atoms with Gasteiger partial charge in [-0.1, -0.05) is 5.16 Å². The molecular formula is C19H24N2O4. The minimum absolute atomic E-state index is 0.00506. The zero-order valence-corrected chi connectivity index (χ0v) is 14.9. The molecule has 2 atom stereocenters. The van der Waals surface area contributed by atoms with Crippen LogP contribution in [0.25, 0.3) is 0 Å². The van der Waals surface area contributed by atoms with Gasteiger partial charge in [0.15, 0.2) is 0 Å². The molecule has 25 heavy (non-hydrogen) atoms. The van der Waals surface area contributed by atoms with E-state index in [-0.39, 0.29) is 18.1 Å². The van der Waals surface area contributed by atoms with Gasteiger partial charge in [-0.15, -0.1) is 0 Å². The molecule has 1 aromatic carbocycles. The summed E-state index contributed by atoms with van der Waals surface area (Å²) in [7, 11) is 0. The summed E-state index contributed by atoms with van der Waals surface area (Å²) in [6.07, 6.45) is 2.17. The van der Waals surface area contributed by atoms with Crippen LogP contribution in [0.15, 0.2) is 28.8 Å². The molecule has 0 spiro atoms. The van der Waals surface area contributed by atoms with Crippen LogP contribution in [0.2, 0.25) is 0 Å². The molecular weight excluding hydrogens is 320 g/mol. The summed E-state index contributed by atoms with van der Waals surface area (Å²) in [6, 6.07) is 7.12. The third-order valence-electron chi connectivity index (χ3n) is 4.56. The van der Waals surface area contributed by atoms with Crippen LogP contribution in [0.3, 0.4) is 0 Å². The SMILES string of the molecule is Cc1noc(C)c1COc1ccc(C(=O)N[C@H](C)[C@@H]2CCCO2)cc1. The minimum atomic E-state index is -0.0970. The molecule has 1 N–H and O–H groups in total. The highest BCUT2D eigenvalue weighted by molar-refractivity contribution is 5.94. The number of nitrogens with one attached hydrogen (secondary N) is 1. The maximum absolute atomic E-state index is 12.3. The fourth-order valence-electron chi connectivity index (χ4n) is 2.95. The number of amides is 1. The Kier molecular flexibility index (Phi) is 5.38. The molecule has 1 amide bonds. The van der Waals surface area contributed by atoms with E-state index in [9.17, 15) is 4.79 Å². The first-order valence-electron chi connectivity index (χ1n) is 8.61. The molecule has 1 aliphatic heterocycles. The summed E-state index contributed by atoms with van der Waals surface area (Å²) in [6.45, 7) is 6.90. The van der Waals surface area contributed by atoms with Gasteiger partial charge in [-0.05, 0) is 57.9 Å².